The molecular formula is C22H45N. The van der Waals surface area contributed by atoms with Crippen LogP contribution >= 0.6 is 0 Å². The smallest absolute Gasteiger partial charge is 0.00644 e. The quantitative estimate of drug-likeness (QED) is 0.204. The maximum absolute atomic E-state index is 3.65. The molecule has 23 heavy (non-hydrogen) atoms. The Labute approximate surface area is 147 Å². The first-order valence-corrected chi connectivity index (χ1v) is 10.7. The molecule has 0 bridgehead atoms. The highest BCUT2D eigenvalue weighted by Crippen LogP contribution is 2.11. The van der Waals surface area contributed by atoms with Crippen molar-refractivity contribution in [2.75, 3.05) is 6.54 Å². The molecular weight excluding hydrogens is 278 g/mol. The molecule has 1 N–H and O–H groups in total. The summed E-state index contributed by atoms with van der Waals surface area (Å²) < 4.78 is 0. The highest BCUT2D eigenvalue weighted by Gasteiger charge is 2.03. The average Bonchev–Trinajstić information content (AvgIpc) is 2.57. The fourth-order valence-electron chi connectivity index (χ4n) is 3.08. The Balaban J connectivity index is 3.24. The lowest BCUT2D eigenvalue weighted by Crippen LogP contribution is -2.28. The third-order valence-corrected chi connectivity index (χ3v) is 4.74. The molecule has 0 saturated carbocycles. The number of nitrogens with one attached hydrogen (secondary N) is 1. The van der Waals surface area contributed by atoms with Crippen LogP contribution in [0.2, 0.25) is 0 Å². The van der Waals surface area contributed by atoms with Crippen LogP contribution in [-0.2, 0) is 0 Å². The maximum atomic E-state index is 3.65. The van der Waals surface area contributed by atoms with Crippen LogP contribution in [-0.4, -0.2) is 12.6 Å². The molecule has 1 heteroatoms. The number of hydrogen-bond acceptors (Lipinski definition) is 1. The van der Waals surface area contributed by atoms with E-state index in [1.165, 1.54) is 103 Å². The van der Waals surface area contributed by atoms with Gasteiger partial charge in [0.25, 0.3) is 0 Å². The van der Waals surface area contributed by atoms with E-state index in [9.17, 15) is 0 Å². The van der Waals surface area contributed by atoms with Crippen LogP contribution in [0.4, 0.5) is 0 Å². The van der Waals surface area contributed by atoms with Gasteiger partial charge in [0.1, 0.15) is 0 Å². The largest absolute Gasteiger partial charge is 0.314 e. The Morgan fingerprint density at radius 1 is 0.652 bits per heavy atom. The molecule has 0 rings (SSSR count). The second-order valence-electron chi connectivity index (χ2n) is 7.08. The highest BCUT2D eigenvalue weighted by atomic mass is 14.9. The van der Waals surface area contributed by atoms with Gasteiger partial charge in [-0.2, -0.15) is 0 Å². The van der Waals surface area contributed by atoms with Crippen LogP contribution in [0.1, 0.15) is 117 Å². The van der Waals surface area contributed by atoms with Crippen LogP contribution < -0.4 is 5.32 Å². The van der Waals surface area contributed by atoms with Crippen LogP contribution in [0.25, 0.3) is 0 Å². The van der Waals surface area contributed by atoms with Gasteiger partial charge in [-0.15, -0.1) is 0 Å². The van der Waals surface area contributed by atoms with Gasteiger partial charge in [0, 0.05) is 6.04 Å². The summed E-state index contributed by atoms with van der Waals surface area (Å²) in [4.78, 5) is 0. The van der Waals surface area contributed by atoms with Gasteiger partial charge >= 0.3 is 0 Å². The molecule has 1 unspecified atom stereocenters. The van der Waals surface area contributed by atoms with Crippen molar-refractivity contribution < 1.29 is 0 Å². The zero-order valence-corrected chi connectivity index (χ0v) is 16.5. The first-order chi connectivity index (χ1) is 11.3. The van der Waals surface area contributed by atoms with E-state index in [1.54, 1.807) is 0 Å². The fraction of sp³-hybridized carbons (Fsp3) is 0.909. The van der Waals surface area contributed by atoms with Gasteiger partial charge in [-0.05, 0) is 51.5 Å². The normalized spacial score (nSPS) is 13.0. The predicted octanol–water partition coefficient (Wildman–Crippen LogP) is 7.41. The van der Waals surface area contributed by atoms with E-state index in [-0.39, 0.29) is 0 Å². The van der Waals surface area contributed by atoms with Crippen LogP contribution in [0.3, 0.4) is 0 Å². The highest BCUT2D eigenvalue weighted by molar-refractivity contribution is 4.81. The third-order valence-electron chi connectivity index (χ3n) is 4.74. The first-order valence-electron chi connectivity index (χ1n) is 10.7. The van der Waals surface area contributed by atoms with E-state index in [2.05, 4.69) is 38.2 Å². The second kappa shape index (κ2) is 19.7. The second-order valence-corrected chi connectivity index (χ2v) is 7.08. The molecule has 0 aliphatic carbocycles. The average molecular weight is 324 g/mol. The molecule has 0 aromatic heterocycles. The van der Waals surface area contributed by atoms with Crippen molar-refractivity contribution in [1.29, 1.82) is 0 Å². The topological polar surface area (TPSA) is 12.0 Å². The predicted molar refractivity (Wildman–Crippen MR) is 107 cm³/mol. The van der Waals surface area contributed by atoms with E-state index < -0.39 is 0 Å². The summed E-state index contributed by atoms with van der Waals surface area (Å²) in [5.74, 6) is 0. The minimum absolute atomic E-state index is 0.757. The van der Waals surface area contributed by atoms with Gasteiger partial charge in [0.05, 0.1) is 0 Å². The Bertz CT molecular complexity index is 234. The van der Waals surface area contributed by atoms with Crippen molar-refractivity contribution in [1.82, 2.24) is 5.32 Å². The van der Waals surface area contributed by atoms with E-state index in [0.717, 1.165) is 6.04 Å². The molecule has 1 atom stereocenters. The summed E-state index contributed by atoms with van der Waals surface area (Å²) >= 11 is 0. The molecule has 0 aliphatic heterocycles. The van der Waals surface area contributed by atoms with Crippen molar-refractivity contribution in [3.05, 3.63) is 12.2 Å². The minimum Gasteiger partial charge on any atom is -0.314 e. The summed E-state index contributed by atoms with van der Waals surface area (Å²) in [5, 5.41) is 3.65. The summed E-state index contributed by atoms with van der Waals surface area (Å²) in [6.45, 7) is 8.03. The lowest BCUT2D eigenvalue weighted by atomic mass is 10.0. The van der Waals surface area contributed by atoms with Gasteiger partial charge < -0.3 is 5.32 Å². The number of rotatable bonds is 18. The fourth-order valence-corrected chi connectivity index (χ4v) is 3.08. The Hall–Kier alpha value is -0.300. The van der Waals surface area contributed by atoms with Gasteiger partial charge in [0.2, 0.25) is 0 Å². The van der Waals surface area contributed by atoms with E-state index in [0.29, 0.717) is 0 Å². The van der Waals surface area contributed by atoms with Gasteiger partial charge in [-0.1, -0.05) is 84.3 Å². The molecule has 0 fully saturated rings. The molecule has 0 aromatic carbocycles. The van der Waals surface area contributed by atoms with Crippen molar-refractivity contribution in [3.63, 3.8) is 0 Å². The lowest BCUT2D eigenvalue weighted by Gasteiger charge is -2.16. The molecule has 1 nitrogen and oxygen atoms in total. The molecule has 0 aliphatic rings. The Morgan fingerprint density at radius 3 is 1.78 bits per heavy atom. The third kappa shape index (κ3) is 17.9. The standard InChI is InChI=1S/C22H45N/c1-4-7-8-9-10-11-12-13-14-15-16-17-18-19-20-22(6-3)23-21-5-2/h13-14,22-23H,4-12,15-21H2,1-3H3/b14-13+. The van der Waals surface area contributed by atoms with Crippen LogP contribution in [0, 0.1) is 0 Å². The minimum atomic E-state index is 0.757. The SMILES string of the molecule is CCCCCCCC/C=C/CCCCCCC(CC)NCCC. The van der Waals surface area contributed by atoms with Gasteiger partial charge in [-0.3, -0.25) is 0 Å². The maximum Gasteiger partial charge on any atom is 0.00644 e. The molecule has 0 radical (unpaired) electrons. The van der Waals surface area contributed by atoms with Gasteiger partial charge in [0.15, 0.2) is 0 Å². The molecule has 0 aromatic rings. The summed E-state index contributed by atoms with van der Waals surface area (Å²) in [5.41, 5.74) is 0. The van der Waals surface area contributed by atoms with Crippen molar-refractivity contribution in [3.8, 4) is 0 Å². The van der Waals surface area contributed by atoms with E-state index in [1.807, 2.05) is 0 Å². The number of allylic oxidation sites excluding steroid dienone is 2. The van der Waals surface area contributed by atoms with Crippen molar-refractivity contribution in [2.45, 2.75) is 123 Å². The molecule has 0 saturated heterocycles. The summed E-state index contributed by atoms with van der Waals surface area (Å²) in [6, 6.07) is 0.757. The number of unbranched alkanes of at least 4 members (excludes halogenated alkanes) is 10. The summed E-state index contributed by atoms with van der Waals surface area (Å²) in [6.07, 6.45) is 25.4. The number of hydrogen-bond donors (Lipinski definition) is 1. The first kappa shape index (κ1) is 22.7. The molecule has 0 spiro atoms. The van der Waals surface area contributed by atoms with E-state index in [4.69, 9.17) is 0 Å². The Morgan fingerprint density at radius 2 is 1.22 bits per heavy atom. The molecule has 138 valence electrons. The molecule has 0 amide bonds. The summed E-state index contributed by atoms with van der Waals surface area (Å²) in [7, 11) is 0. The van der Waals surface area contributed by atoms with Crippen LogP contribution in [0.5, 0.6) is 0 Å². The Kier molecular flexibility index (Phi) is 19.5. The lowest BCUT2D eigenvalue weighted by molar-refractivity contribution is 0.444. The van der Waals surface area contributed by atoms with Crippen molar-refractivity contribution in [2.24, 2.45) is 0 Å². The van der Waals surface area contributed by atoms with Crippen molar-refractivity contribution >= 4 is 0 Å². The zero-order valence-electron chi connectivity index (χ0n) is 16.5. The van der Waals surface area contributed by atoms with E-state index >= 15 is 0 Å². The zero-order chi connectivity index (χ0) is 17.0. The monoisotopic (exact) mass is 323 g/mol. The van der Waals surface area contributed by atoms with Gasteiger partial charge in [-0.25, -0.2) is 0 Å². The van der Waals surface area contributed by atoms with Crippen LogP contribution in [0.15, 0.2) is 12.2 Å². The molecule has 0 heterocycles.